The van der Waals surface area contributed by atoms with Gasteiger partial charge in [0.1, 0.15) is 11.5 Å². The van der Waals surface area contributed by atoms with E-state index in [1.165, 1.54) is 60.0 Å². The molecular formula is C91H94Cl3Ir2N5O8S4-4. The van der Waals surface area contributed by atoms with Gasteiger partial charge in [-0.15, -0.1) is 118 Å². The summed E-state index contributed by atoms with van der Waals surface area (Å²) < 4.78 is 10.1. The number of hydrogen-bond acceptors (Lipinski definition) is 17. The SMILES string of the molecule is C=C(C)C(=O)Cl.C=C(C)C(=O)Oc1ccc(CCC(O)CC(C)O)cc1.CC(O)CC(O)CCc1ccc(O)cc1.CCN(CC)CC.ClCCl.[Ir].[Ir].[c-]1c(-c2ccccn2)sc2ccccc12.[c-]1c(-c2ccccn2)sc2ccccc12.[c-]1c(-c2ccccn2)sc2ccccc12.[c-]1c(-c2ccccn2)sc2ccccc12. The molecule has 4 unspecified atom stereocenters. The van der Waals surface area contributed by atoms with Crippen molar-refractivity contribution >= 4 is 132 Å². The van der Waals surface area contributed by atoms with E-state index >= 15 is 0 Å². The summed E-state index contributed by atoms with van der Waals surface area (Å²) >= 11 is 21.3. The van der Waals surface area contributed by atoms with Crippen LogP contribution in [0.3, 0.4) is 0 Å². The molecule has 13 nitrogen and oxygen atoms in total. The number of phenols is 1. The molecule has 8 aromatic heterocycles. The summed E-state index contributed by atoms with van der Waals surface area (Å²) in [6, 6.07) is 84.5. The molecule has 4 atom stereocenters. The van der Waals surface area contributed by atoms with Crippen LogP contribution in [0.2, 0.25) is 0 Å². The molecule has 0 aliphatic carbocycles. The van der Waals surface area contributed by atoms with Crippen molar-refractivity contribution in [3.8, 4) is 53.8 Å². The van der Waals surface area contributed by atoms with E-state index in [-0.39, 0.29) is 51.3 Å². The average molecular weight is 2000 g/mol. The largest absolute Gasteiger partial charge is 0.508 e. The number of alkyl halides is 2. The topological polar surface area (TPSA) is 199 Å². The van der Waals surface area contributed by atoms with Gasteiger partial charge in [0.2, 0.25) is 5.24 Å². The number of thiophene rings is 4. The number of carbonyl (C=O) groups is 2. The summed E-state index contributed by atoms with van der Waals surface area (Å²) in [6.45, 7) is 23.4. The summed E-state index contributed by atoms with van der Waals surface area (Å²) in [4.78, 5) is 45.2. The van der Waals surface area contributed by atoms with Gasteiger partial charge >= 0.3 is 5.97 Å². The second kappa shape index (κ2) is 54.8. The maximum absolute atomic E-state index is 11.3. The molecule has 5 N–H and O–H groups in total. The van der Waals surface area contributed by atoms with Gasteiger partial charge in [-0.05, 0) is 195 Å². The Morgan fingerprint density at radius 1 is 0.442 bits per heavy atom. The number of esters is 1. The number of aliphatic hydroxyl groups excluding tert-OH is 4. The number of pyridine rings is 4. The van der Waals surface area contributed by atoms with Crippen molar-refractivity contribution in [3.05, 3.63) is 303 Å². The van der Waals surface area contributed by atoms with Gasteiger partial charge in [-0.25, -0.2) is 50.1 Å². The molecule has 0 saturated heterocycles. The van der Waals surface area contributed by atoms with Crippen molar-refractivity contribution in [2.45, 2.75) is 111 Å². The van der Waals surface area contributed by atoms with Crippen LogP contribution in [0.25, 0.3) is 82.6 Å². The molecule has 0 aliphatic heterocycles. The van der Waals surface area contributed by atoms with Gasteiger partial charge in [-0.3, -0.25) is 4.79 Å². The van der Waals surface area contributed by atoms with Crippen molar-refractivity contribution in [1.82, 2.24) is 24.8 Å². The van der Waals surface area contributed by atoms with E-state index in [4.69, 9.17) is 54.9 Å². The van der Waals surface area contributed by atoms with Crippen molar-refractivity contribution in [2.75, 3.05) is 25.0 Å². The van der Waals surface area contributed by atoms with Crippen LogP contribution < -0.4 is 4.74 Å². The fraction of sp³-hybridized carbons (Fsp3) is 0.231. The molecule has 2 radical (unpaired) electrons. The first-order valence-electron chi connectivity index (χ1n) is 36.1. The maximum atomic E-state index is 11.3. The predicted molar refractivity (Wildman–Crippen MR) is 468 cm³/mol. The molecule has 14 aromatic rings. The number of aliphatic hydroxyl groups is 4. The Morgan fingerprint density at radius 3 is 0.929 bits per heavy atom. The first kappa shape index (κ1) is 97.5. The number of ether oxygens (including phenoxy) is 1. The number of hydrogen-bond donors (Lipinski definition) is 5. The first-order valence-corrected chi connectivity index (χ1v) is 40.8. The molecule has 0 aliphatic rings. The molecule has 8 heterocycles. The van der Waals surface area contributed by atoms with Gasteiger partial charge in [-0.2, -0.15) is 0 Å². The first-order chi connectivity index (χ1) is 53.6. The molecule has 0 spiro atoms. The molecule has 113 heavy (non-hydrogen) atoms. The molecule has 14 rings (SSSR count). The summed E-state index contributed by atoms with van der Waals surface area (Å²) in [7, 11) is 0. The Labute approximate surface area is 723 Å². The number of allylic oxidation sites excluding steroid dienone is 1. The van der Waals surface area contributed by atoms with Crippen LogP contribution in [0, 0.1) is 24.3 Å². The monoisotopic (exact) mass is 2000 g/mol. The molecule has 0 fully saturated rings. The average Bonchev–Trinajstić information content (AvgIpc) is 1.70. The molecule has 598 valence electrons. The molecule has 0 amide bonds. The van der Waals surface area contributed by atoms with E-state index in [2.05, 4.69) is 156 Å². The van der Waals surface area contributed by atoms with Gasteiger partial charge in [0, 0.05) is 98.9 Å². The number of aromatic hydroxyl groups is 1. The number of fused-ring (bicyclic) bond motifs is 4. The Morgan fingerprint density at radius 2 is 0.708 bits per heavy atom. The van der Waals surface area contributed by atoms with Crippen LogP contribution in [0.4, 0.5) is 0 Å². The van der Waals surface area contributed by atoms with E-state index < -0.39 is 35.6 Å². The number of halogens is 3. The third kappa shape index (κ3) is 36.7. The van der Waals surface area contributed by atoms with Gasteiger partial charge in [0.25, 0.3) is 0 Å². The minimum Gasteiger partial charge on any atom is -0.508 e. The fourth-order valence-corrected chi connectivity index (χ4v) is 14.0. The van der Waals surface area contributed by atoms with E-state index in [1.807, 2.05) is 146 Å². The van der Waals surface area contributed by atoms with Gasteiger partial charge in [0.15, 0.2) is 0 Å². The number of rotatable bonds is 20. The smallest absolute Gasteiger partial charge is 0.338 e. The zero-order chi connectivity index (χ0) is 80.3. The van der Waals surface area contributed by atoms with Crippen molar-refractivity contribution in [2.24, 2.45) is 0 Å². The second-order valence-corrected chi connectivity index (χ2v) is 30.2. The molecule has 0 bridgehead atoms. The normalized spacial score (nSPS) is 11.2. The van der Waals surface area contributed by atoms with E-state index in [0.29, 0.717) is 49.0 Å². The number of aryl methyl sites for hydroxylation is 2. The number of carbonyl (C=O) groups excluding carboxylic acids is 2. The molecule has 6 aromatic carbocycles. The number of phenolic OH excluding ortho intramolecular Hbond substituents is 1. The van der Waals surface area contributed by atoms with Crippen LogP contribution >= 0.6 is 80.1 Å². The standard InChI is InChI=1S/C16H22O4.4C13H8NS.C12H18O3.C6H15N.C4H5ClO.CH2Cl2.2Ir/c1-11(2)16(19)20-15-8-5-13(6-9-15)4-7-14(18)10-12(3)17;4*1-2-7-12-10(5-1)9-13(15-12)11-6-3-4-8-14-11;1-9(13)8-12(15)7-4-10-2-5-11(14)6-3-10;1-4-7(5-2)6-3;1-3(2)4(5)6;2-1-3;;/h5-6,8-9,12,14,17-18H,1,4,7,10H2,2-3H3;4*1-8H;2-3,5-6,9,12-15H,4,7-8H2,1H3;4-6H2,1-3H3;1H2,2H3;1H2;;/q;4*-1;;;;;;. The van der Waals surface area contributed by atoms with Crippen molar-refractivity contribution in [1.29, 1.82) is 0 Å². The molecular weight excluding hydrogens is 1910 g/mol. The molecule has 0 saturated carbocycles. The quantitative estimate of drug-likeness (QED) is 0.0121. The van der Waals surface area contributed by atoms with Gasteiger partial charge < -0.3 is 55.1 Å². The predicted octanol–water partition coefficient (Wildman–Crippen LogP) is 22.8. The van der Waals surface area contributed by atoms with Crippen LogP contribution in [0.1, 0.15) is 85.3 Å². The Bertz CT molecular complexity index is 4390. The van der Waals surface area contributed by atoms with Crippen LogP contribution in [-0.4, -0.2) is 111 Å². The minimum atomic E-state index is -0.504. The molecule has 22 heteroatoms. The summed E-state index contributed by atoms with van der Waals surface area (Å²) in [6.07, 6.45) is 8.83. The van der Waals surface area contributed by atoms with Crippen LogP contribution in [-0.2, 0) is 62.6 Å². The number of benzene rings is 6. The van der Waals surface area contributed by atoms with Gasteiger partial charge in [-0.1, -0.05) is 155 Å². The Balaban J connectivity index is 0.000000275. The summed E-state index contributed by atoms with van der Waals surface area (Å²) in [5.74, 6) is 0.291. The van der Waals surface area contributed by atoms with Crippen molar-refractivity contribution in [3.63, 3.8) is 0 Å². The summed E-state index contributed by atoms with van der Waals surface area (Å²) in [5, 5.41) is 50.9. The van der Waals surface area contributed by atoms with E-state index in [1.54, 1.807) is 97.3 Å². The third-order valence-corrected chi connectivity index (χ3v) is 20.5. The zero-order valence-electron chi connectivity index (χ0n) is 64.0. The zero-order valence-corrected chi connectivity index (χ0v) is 74.3. The Kier molecular flexibility index (Phi) is 47.3. The third-order valence-electron chi connectivity index (χ3n) is 15.8. The van der Waals surface area contributed by atoms with E-state index in [0.717, 1.165) is 59.8 Å². The van der Waals surface area contributed by atoms with Crippen LogP contribution in [0.15, 0.2) is 267 Å². The summed E-state index contributed by atoms with van der Waals surface area (Å²) in [5.41, 5.74) is 6.86. The number of nitrogens with zero attached hydrogens (tertiary/aromatic N) is 5. The fourth-order valence-electron chi connectivity index (χ4n) is 10.1. The Hall–Kier alpha value is -7.85. The maximum Gasteiger partial charge on any atom is 0.338 e. The number of aromatic nitrogens is 4. The van der Waals surface area contributed by atoms with Gasteiger partial charge in [0.05, 0.1) is 29.8 Å². The van der Waals surface area contributed by atoms with E-state index in [9.17, 15) is 19.8 Å². The minimum absolute atomic E-state index is 0. The van der Waals surface area contributed by atoms with Crippen molar-refractivity contribution < 1.29 is 80.1 Å². The second-order valence-electron chi connectivity index (χ2n) is 24.9. The van der Waals surface area contributed by atoms with Crippen LogP contribution in [0.5, 0.6) is 11.5 Å².